The van der Waals surface area contributed by atoms with E-state index >= 15 is 0 Å². The molecule has 3 nitrogen and oxygen atoms in total. The Kier molecular flexibility index (Phi) is 4.05. The number of imidazole rings is 1. The molecule has 0 bridgehead atoms. The number of hydrogen-bond acceptors (Lipinski definition) is 2. The first-order valence-corrected chi connectivity index (χ1v) is 6.09. The standard InChI is InChI=1S/C12H13Cl2N3/c1-8(12-15-4-5-16-12)17-7-9-2-3-10(13)11(14)6-9/h2-6,8,17H,7H2,1H3,(H,15,16). The van der Waals surface area contributed by atoms with E-state index in [-0.39, 0.29) is 6.04 Å². The first-order chi connectivity index (χ1) is 8.16. The van der Waals surface area contributed by atoms with Crippen LogP contribution in [0.5, 0.6) is 0 Å². The summed E-state index contributed by atoms with van der Waals surface area (Å²) in [7, 11) is 0. The Morgan fingerprint density at radius 2 is 2.18 bits per heavy atom. The average molecular weight is 270 g/mol. The fourth-order valence-corrected chi connectivity index (χ4v) is 1.85. The molecular weight excluding hydrogens is 257 g/mol. The molecule has 0 saturated carbocycles. The maximum atomic E-state index is 5.95. The van der Waals surface area contributed by atoms with Crippen LogP contribution in [0.25, 0.3) is 0 Å². The van der Waals surface area contributed by atoms with Crippen molar-refractivity contribution in [1.82, 2.24) is 15.3 Å². The van der Waals surface area contributed by atoms with Crippen LogP contribution >= 0.6 is 23.2 Å². The summed E-state index contributed by atoms with van der Waals surface area (Å²) in [5.41, 5.74) is 1.10. The van der Waals surface area contributed by atoms with E-state index in [1.165, 1.54) is 0 Å². The van der Waals surface area contributed by atoms with Crippen LogP contribution in [0, 0.1) is 0 Å². The average Bonchev–Trinajstić information content (AvgIpc) is 2.84. The Hall–Kier alpha value is -1.03. The Bertz CT molecular complexity index is 483. The highest BCUT2D eigenvalue weighted by Crippen LogP contribution is 2.22. The largest absolute Gasteiger partial charge is 0.347 e. The molecule has 5 heteroatoms. The molecule has 0 fully saturated rings. The lowest BCUT2D eigenvalue weighted by molar-refractivity contribution is 0.551. The van der Waals surface area contributed by atoms with E-state index in [4.69, 9.17) is 23.2 Å². The van der Waals surface area contributed by atoms with Crippen molar-refractivity contribution in [2.75, 3.05) is 0 Å². The molecule has 1 aromatic carbocycles. The van der Waals surface area contributed by atoms with Gasteiger partial charge >= 0.3 is 0 Å². The van der Waals surface area contributed by atoms with Gasteiger partial charge in [0.1, 0.15) is 5.82 Å². The molecule has 2 aromatic rings. The van der Waals surface area contributed by atoms with E-state index in [1.54, 1.807) is 12.3 Å². The van der Waals surface area contributed by atoms with Crippen molar-refractivity contribution in [3.8, 4) is 0 Å². The zero-order valence-corrected chi connectivity index (χ0v) is 10.9. The number of aromatic amines is 1. The molecule has 2 N–H and O–H groups in total. The van der Waals surface area contributed by atoms with Crippen molar-refractivity contribution in [2.24, 2.45) is 0 Å². The minimum Gasteiger partial charge on any atom is -0.347 e. The Morgan fingerprint density at radius 1 is 1.35 bits per heavy atom. The Morgan fingerprint density at radius 3 is 2.82 bits per heavy atom. The van der Waals surface area contributed by atoms with Gasteiger partial charge in [-0.15, -0.1) is 0 Å². The third kappa shape index (κ3) is 3.22. The van der Waals surface area contributed by atoms with Crippen molar-refractivity contribution in [1.29, 1.82) is 0 Å². The number of rotatable bonds is 4. The van der Waals surface area contributed by atoms with Gasteiger partial charge in [0.05, 0.1) is 16.1 Å². The fraction of sp³-hybridized carbons (Fsp3) is 0.250. The number of aromatic nitrogens is 2. The Labute approximate surface area is 110 Å². The van der Waals surface area contributed by atoms with Gasteiger partial charge in [0.15, 0.2) is 0 Å². The molecule has 90 valence electrons. The molecule has 0 aliphatic rings. The van der Waals surface area contributed by atoms with Crippen LogP contribution in [0.2, 0.25) is 10.0 Å². The van der Waals surface area contributed by atoms with E-state index in [2.05, 4.69) is 22.2 Å². The zero-order valence-electron chi connectivity index (χ0n) is 9.37. The smallest absolute Gasteiger partial charge is 0.122 e. The van der Waals surface area contributed by atoms with Gasteiger partial charge in [-0.1, -0.05) is 29.3 Å². The highest BCUT2D eigenvalue weighted by atomic mass is 35.5. The number of halogens is 2. The molecular formula is C12H13Cl2N3. The van der Waals surface area contributed by atoms with Crippen molar-refractivity contribution in [2.45, 2.75) is 19.5 Å². The quantitative estimate of drug-likeness (QED) is 0.891. The van der Waals surface area contributed by atoms with Crippen LogP contribution in [-0.4, -0.2) is 9.97 Å². The van der Waals surface area contributed by atoms with Crippen molar-refractivity contribution in [3.63, 3.8) is 0 Å². The van der Waals surface area contributed by atoms with E-state index in [0.29, 0.717) is 10.0 Å². The molecule has 1 aromatic heterocycles. The summed E-state index contributed by atoms with van der Waals surface area (Å²) in [6.07, 6.45) is 3.55. The molecule has 0 radical (unpaired) electrons. The van der Waals surface area contributed by atoms with Gasteiger partial charge in [-0.3, -0.25) is 0 Å². The topological polar surface area (TPSA) is 40.7 Å². The van der Waals surface area contributed by atoms with E-state index in [9.17, 15) is 0 Å². The summed E-state index contributed by atoms with van der Waals surface area (Å²) in [4.78, 5) is 7.27. The summed E-state index contributed by atoms with van der Waals surface area (Å²) in [6, 6.07) is 5.79. The lowest BCUT2D eigenvalue weighted by Crippen LogP contribution is -2.19. The lowest BCUT2D eigenvalue weighted by Gasteiger charge is -2.11. The summed E-state index contributed by atoms with van der Waals surface area (Å²) in [5, 5.41) is 4.51. The third-order valence-corrected chi connectivity index (χ3v) is 3.26. The number of nitrogens with one attached hydrogen (secondary N) is 2. The normalized spacial score (nSPS) is 12.6. The lowest BCUT2D eigenvalue weighted by atomic mass is 10.2. The molecule has 0 saturated heterocycles. The second-order valence-corrected chi connectivity index (χ2v) is 4.64. The van der Waals surface area contributed by atoms with Crippen LogP contribution in [0.4, 0.5) is 0 Å². The number of nitrogens with zero attached hydrogens (tertiary/aromatic N) is 1. The van der Waals surface area contributed by atoms with Gasteiger partial charge in [-0.05, 0) is 24.6 Å². The molecule has 0 aliphatic heterocycles. The second kappa shape index (κ2) is 5.54. The van der Waals surface area contributed by atoms with Gasteiger partial charge < -0.3 is 10.3 Å². The van der Waals surface area contributed by atoms with Gasteiger partial charge in [-0.2, -0.15) is 0 Å². The van der Waals surface area contributed by atoms with Gasteiger partial charge in [-0.25, -0.2) is 4.98 Å². The molecule has 1 atom stereocenters. The second-order valence-electron chi connectivity index (χ2n) is 3.83. The SMILES string of the molecule is CC(NCc1ccc(Cl)c(Cl)c1)c1ncc[nH]1. The summed E-state index contributed by atoms with van der Waals surface area (Å²) < 4.78 is 0. The van der Waals surface area contributed by atoms with Crippen LogP contribution < -0.4 is 5.32 Å². The zero-order chi connectivity index (χ0) is 12.3. The summed E-state index contributed by atoms with van der Waals surface area (Å²) in [6.45, 7) is 2.77. The van der Waals surface area contributed by atoms with Crippen molar-refractivity contribution >= 4 is 23.2 Å². The molecule has 0 spiro atoms. The van der Waals surface area contributed by atoms with Gasteiger partial charge in [0, 0.05) is 18.9 Å². The van der Waals surface area contributed by atoms with Crippen molar-refractivity contribution < 1.29 is 0 Å². The van der Waals surface area contributed by atoms with E-state index < -0.39 is 0 Å². The maximum Gasteiger partial charge on any atom is 0.122 e. The fourth-order valence-electron chi connectivity index (χ4n) is 1.53. The molecule has 1 heterocycles. The number of hydrogen-bond donors (Lipinski definition) is 2. The van der Waals surface area contributed by atoms with Crippen LogP contribution in [-0.2, 0) is 6.54 Å². The predicted molar refractivity (Wildman–Crippen MR) is 70.3 cm³/mol. The minimum absolute atomic E-state index is 0.166. The predicted octanol–water partition coefficient (Wildman–Crippen LogP) is 3.57. The first-order valence-electron chi connectivity index (χ1n) is 5.33. The summed E-state index contributed by atoms with van der Waals surface area (Å²) in [5.74, 6) is 0.921. The highest BCUT2D eigenvalue weighted by Gasteiger charge is 2.07. The molecule has 2 rings (SSSR count). The first kappa shape index (κ1) is 12.4. The minimum atomic E-state index is 0.166. The molecule has 0 amide bonds. The molecule has 0 aliphatic carbocycles. The van der Waals surface area contributed by atoms with Crippen LogP contribution in [0.3, 0.4) is 0 Å². The molecule has 17 heavy (non-hydrogen) atoms. The van der Waals surface area contributed by atoms with Crippen LogP contribution in [0.1, 0.15) is 24.4 Å². The van der Waals surface area contributed by atoms with Gasteiger partial charge in [0.2, 0.25) is 0 Å². The van der Waals surface area contributed by atoms with Gasteiger partial charge in [0.25, 0.3) is 0 Å². The summed E-state index contributed by atoms with van der Waals surface area (Å²) >= 11 is 11.8. The third-order valence-electron chi connectivity index (χ3n) is 2.53. The Balaban J connectivity index is 1.96. The van der Waals surface area contributed by atoms with Crippen molar-refractivity contribution in [3.05, 3.63) is 52.0 Å². The number of benzene rings is 1. The van der Waals surface area contributed by atoms with Crippen LogP contribution in [0.15, 0.2) is 30.6 Å². The van der Waals surface area contributed by atoms with E-state index in [0.717, 1.165) is 17.9 Å². The molecule has 1 unspecified atom stereocenters. The number of H-pyrrole nitrogens is 1. The maximum absolute atomic E-state index is 5.95. The highest BCUT2D eigenvalue weighted by molar-refractivity contribution is 6.42. The monoisotopic (exact) mass is 269 g/mol. The van der Waals surface area contributed by atoms with E-state index in [1.807, 2.05) is 18.3 Å².